The van der Waals surface area contributed by atoms with Gasteiger partial charge in [0.1, 0.15) is 5.54 Å². The molecule has 4 heteroatoms. The van der Waals surface area contributed by atoms with E-state index in [1.807, 2.05) is 13.8 Å². The van der Waals surface area contributed by atoms with Crippen LogP contribution in [0.1, 0.15) is 39.5 Å². The number of carbonyl (C=O) groups excluding carboxylic acids is 1. The molecule has 0 aromatic carbocycles. The highest BCUT2D eigenvalue weighted by atomic mass is 16.1. The van der Waals surface area contributed by atoms with Crippen LogP contribution in [0, 0.1) is 0 Å². The van der Waals surface area contributed by atoms with Gasteiger partial charge in [0.25, 0.3) is 0 Å². The number of nitrogens with two attached hydrogens (primary N) is 1. The van der Waals surface area contributed by atoms with Gasteiger partial charge in [-0.2, -0.15) is 0 Å². The SMILES string of the molecule is CCC(C)(NC1=NCCCC1)C(N)=O. The Morgan fingerprint density at radius 2 is 2.36 bits per heavy atom. The average Bonchev–Trinajstić information content (AvgIpc) is 2.19. The lowest BCUT2D eigenvalue weighted by Gasteiger charge is -2.29. The number of amidine groups is 1. The van der Waals surface area contributed by atoms with Crippen LogP contribution in [0.3, 0.4) is 0 Å². The Hall–Kier alpha value is -1.06. The molecule has 0 bridgehead atoms. The fourth-order valence-electron chi connectivity index (χ4n) is 1.44. The largest absolute Gasteiger partial charge is 0.368 e. The second-order valence-corrected chi connectivity index (χ2v) is 3.96. The Bertz CT molecular complexity index is 250. The van der Waals surface area contributed by atoms with E-state index < -0.39 is 5.54 Å². The molecule has 1 heterocycles. The number of hydrogen-bond acceptors (Lipinski definition) is 3. The van der Waals surface area contributed by atoms with Gasteiger partial charge in [0.05, 0.1) is 5.84 Å². The first-order valence-corrected chi connectivity index (χ1v) is 5.20. The lowest BCUT2D eigenvalue weighted by Crippen LogP contribution is -2.55. The molecule has 0 fully saturated rings. The van der Waals surface area contributed by atoms with Crippen LogP contribution in [0.5, 0.6) is 0 Å². The molecule has 3 N–H and O–H groups in total. The number of hydrogen-bond donors (Lipinski definition) is 2. The Morgan fingerprint density at radius 1 is 1.64 bits per heavy atom. The third-order valence-corrected chi connectivity index (χ3v) is 2.80. The topological polar surface area (TPSA) is 67.5 Å². The normalized spacial score (nSPS) is 20.9. The van der Waals surface area contributed by atoms with E-state index in [2.05, 4.69) is 10.3 Å². The Kier molecular flexibility index (Phi) is 3.49. The van der Waals surface area contributed by atoms with Crippen molar-refractivity contribution in [3.05, 3.63) is 0 Å². The molecule has 0 aromatic rings. The number of rotatable bonds is 3. The van der Waals surface area contributed by atoms with E-state index in [-0.39, 0.29) is 5.91 Å². The maximum absolute atomic E-state index is 11.2. The Balaban J connectivity index is 2.64. The molecule has 0 aliphatic carbocycles. The summed E-state index contributed by atoms with van der Waals surface area (Å²) in [6.45, 7) is 4.63. The highest BCUT2D eigenvalue weighted by Crippen LogP contribution is 2.12. The van der Waals surface area contributed by atoms with Gasteiger partial charge in [-0.15, -0.1) is 0 Å². The predicted octanol–water partition coefficient (Wildman–Crippen LogP) is 0.812. The van der Waals surface area contributed by atoms with Gasteiger partial charge >= 0.3 is 0 Å². The molecule has 1 amide bonds. The molecule has 1 atom stereocenters. The van der Waals surface area contributed by atoms with Gasteiger partial charge in [0.2, 0.25) is 5.91 Å². The summed E-state index contributed by atoms with van der Waals surface area (Å²) in [6, 6.07) is 0. The second kappa shape index (κ2) is 4.44. The molecule has 0 spiro atoms. The summed E-state index contributed by atoms with van der Waals surface area (Å²) in [6.07, 6.45) is 3.90. The summed E-state index contributed by atoms with van der Waals surface area (Å²) < 4.78 is 0. The number of amides is 1. The van der Waals surface area contributed by atoms with Gasteiger partial charge in [0, 0.05) is 13.0 Å². The van der Waals surface area contributed by atoms with Crippen molar-refractivity contribution in [3.63, 3.8) is 0 Å². The quantitative estimate of drug-likeness (QED) is 0.703. The van der Waals surface area contributed by atoms with E-state index in [1.54, 1.807) is 0 Å². The first-order valence-electron chi connectivity index (χ1n) is 5.20. The minimum atomic E-state index is -0.643. The van der Waals surface area contributed by atoms with Crippen molar-refractivity contribution in [1.29, 1.82) is 0 Å². The molecular formula is C10H19N3O. The third-order valence-electron chi connectivity index (χ3n) is 2.80. The van der Waals surface area contributed by atoms with Gasteiger partial charge in [-0.25, -0.2) is 0 Å². The standard InChI is InChI=1S/C10H19N3O/c1-3-10(2,9(11)14)13-8-6-4-5-7-12-8/h3-7H2,1-2H3,(H2,11,14)(H,12,13). The van der Waals surface area contributed by atoms with Crippen molar-refractivity contribution in [1.82, 2.24) is 5.32 Å². The first kappa shape index (κ1) is 11.0. The van der Waals surface area contributed by atoms with Gasteiger partial charge < -0.3 is 11.1 Å². The fourth-order valence-corrected chi connectivity index (χ4v) is 1.44. The molecule has 1 aliphatic heterocycles. The zero-order chi connectivity index (χ0) is 10.6. The molecule has 1 rings (SSSR count). The number of nitrogens with one attached hydrogen (secondary N) is 1. The van der Waals surface area contributed by atoms with E-state index in [9.17, 15) is 4.79 Å². The lowest BCUT2D eigenvalue weighted by atomic mass is 9.97. The molecule has 0 saturated heterocycles. The summed E-state index contributed by atoms with van der Waals surface area (Å²) in [4.78, 5) is 15.6. The summed E-state index contributed by atoms with van der Waals surface area (Å²) in [5.41, 5.74) is 4.70. The molecule has 1 unspecified atom stereocenters. The van der Waals surface area contributed by atoms with Crippen LogP contribution >= 0.6 is 0 Å². The number of carbonyl (C=O) groups is 1. The van der Waals surface area contributed by atoms with Crippen LogP contribution < -0.4 is 11.1 Å². The molecule has 0 saturated carbocycles. The van der Waals surface area contributed by atoms with Crippen molar-refractivity contribution in [2.24, 2.45) is 10.7 Å². The zero-order valence-corrected chi connectivity index (χ0v) is 8.97. The fraction of sp³-hybridized carbons (Fsp3) is 0.800. The Labute approximate surface area is 85.0 Å². The van der Waals surface area contributed by atoms with Gasteiger partial charge in [-0.1, -0.05) is 6.92 Å². The van der Waals surface area contributed by atoms with Crippen molar-refractivity contribution >= 4 is 11.7 Å². The molecule has 1 aliphatic rings. The van der Waals surface area contributed by atoms with E-state index in [0.29, 0.717) is 6.42 Å². The number of primary amides is 1. The van der Waals surface area contributed by atoms with Crippen molar-refractivity contribution in [3.8, 4) is 0 Å². The van der Waals surface area contributed by atoms with Crippen molar-refractivity contribution < 1.29 is 4.79 Å². The van der Waals surface area contributed by atoms with Crippen molar-refractivity contribution in [2.75, 3.05) is 6.54 Å². The lowest BCUT2D eigenvalue weighted by molar-refractivity contribution is -0.123. The van der Waals surface area contributed by atoms with Crippen LogP contribution in [0.2, 0.25) is 0 Å². The summed E-state index contributed by atoms with van der Waals surface area (Å²) in [7, 11) is 0. The Morgan fingerprint density at radius 3 is 2.79 bits per heavy atom. The van der Waals surface area contributed by atoms with E-state index in [4.69, 9.17) is 5.73 Å². The minimum Gasteiger partial charge on any atom is -0.368 e. The summed E-state index contributed by atoms with van der Waals surface area (Å²) in [5.74, 6) is 0.618. The maximum Gasteiger partial charge on any atom is 0.242 e. The average molecular weight is 197 g/mol. The summed E-state index contributed by atoms with van der Waals surface area (Å²) in [5, 5.41) is 3.16. The van der Waals surface area contributed by atoms with Gasteiger partial charge in [-0.05, 0) is 26.2 Å². The number of aliphatic imine (C=N–C) groups is 1. The molecule has 14 heavy (non-hydrogen) atoms. The van der Waals surface area contributed by atoms with E-state index in [1.165, 1.54) is 0 Å². The number of nitrogens with zero attached hydrogens (tertiary/aromatic N) is 1. The van der Waals surface area contributed by atoms with Gasteiger partial charge in [-0.3, -0.25) is 9.79 Å². The smallest absolute Gasteiger partial charge is 0.242 e. The van der Waals surface area contributed by atoms with Crippen molar-refractivity contribution in [2.45, 2.75) is 45.1 Å². The van der Waals surface area contributed by atoms with Crippen LogP contribution in [0.25, 0.3) is 0 Å². The minimum absolute atomic E-state index is 0.312. The van der Waals surface area contributed by atoms with Crippen LogP contribution in [-0.2, 0) is 4.79 Å². The highest BCUT2D eigenvalue weighted by molar-refractivity contribution is 5.92. The van der Waals surface area contributed by atoms with Gasteiger partial charge in [0.15, 0.2) is 0 Å². The first-order chi connectivity index (χ1) is 6.58. The van der Waals surface area contributed by atoms with Crippen LogP contribution in [0.4, 0.5) is 0 Å². The molecule has 0 aromatic heterocycles. The monoisotopic (exact) mass is 197 g/mol. The third kappa shape index (κ3) is 2.47. The molecule has 0 radical (unpaired) electrons. The van der Waals surface area contributed by atoms with E-state index in [0.717, 1.165) is 31.6 Å². The van der Waals surface area contributed by atoms with E-state index >= 15 is 0 Å². The zero-order valence-electron chi connectivity index (χ0n) is 8.97. The predicted molar refractivity (Wildman–Crippen MR) is 57.2 cm³/mol. The highest BCUT2D eigenvalue weighted by Gasteiger charge is 2.29. The molecule has 80 valence electrons. The second-order valence-electron chi connectivity index (χ2n) is 3.96. The van der Waals surface area contributed by atoms with Crippen LogP contribution in [0.15, 0.2) is 4.99 Å². The van der Waals surface area contributed by atoms with Crippen LogP contribution in [-0.4, -0.2) is 23.8 Å². The summed E-state index contributed by atoms with van der Waals surface area (Å²) >= 11 is 0. The molecule has 4 nitrogen and oxygen atoms in total. The molecular weight excluding hydrogens is 178 g/mol. The maximum atomic E-state index is 11.2.